The monoisotopic (exact) mass is 351 g/mol. The Morgan fingerprint density at radius 3 is 2.65 bits per heavy atom. The number of nitrogens with zero attached hydrogens (tertiary/aromatic N) is 2. The third-order valence-electron chi connectivity index (χ3n) is 3.80. The zero-order chi connectivity index (χ0) is 18.7. The minimum absolute atomic E-state index is 0.228. The number of hydrogen-bond donors (Lipinski definition) is 1. The van der Waals surface area contributed by atoms with Crippen molar-refractivity contribution in [3.63, 3.8) is 0 Å². The van der Waals surface area contributed by atoms with E-state index in [2.05, 4.69) is 15.3 Å². The average molecular weight is 351 g/mol. The lowest BCUT2D eigenvalue weighted by molar-refractivity contribution is 0.0379. The van der Waals surface area contributed by atoms with E-state index in [1.54, 1.807) is 7.11 Å². The van der Waals surface area contributed by atoms with Gasteiger partial charge in [0.2, 0.25) is 0 Å². The Morgan fingerprint density at radius 1 is 1.15 bits per heavy atom. The van der Waals surface area contributed by atoms with Crippen LogP contribution in [-0.4, -0.2) is 29.2 Å². The highest BCUT2D eigenvalue weighted by molar-refractivity contribution is 6.05. The quantitative estimate of drug-likeness (QED) is 0.693. The predicted octanol–water partition coefficient (Wildman–Crippen LogP) is 4.26. The second kappa shape index (κ2) is 7.39. The topological polar surface area (TPSA) is 73.3 Å². The number of fused-ring (bicyclic) bond motifs is 1. The molecule has 3 rings (SSSR count). The molecule has 3 aromatic rings. The highest BCUT2D eigenvalue weighted by atomic mass is 16.5. The molecular weight excluding hydrogens is 330 g/mol. The zero-order valence-electron chi connectivity index (χ0n) is 15.2. The third kappa shape index (κ3) is 3.59. The Labute approximate surface area is 152 Å². The van der Waals surface area contributed by atoms with Gasteiger partial charge in [-0.2, -0.15) is 0 Å². The van der Waals surface area contributed by atoms with Crippen molar-refractivity contribution in [2.75, 3.05) is 12.4 Å². The van der Waals surface area contributed by atoms with Gasteiger partial charge in [-0.3, -0.25) is 0 Å². The van der Waals surface area contributed by atoms with Crippen molar-refractivity contribution in [3.8, 4) is 5.75 Å². The maximum Gasteiger partial charge on any atom is 0.342 e. The predicted molar refractivity (Wildman–Crippen MR) is 101 cm³/mol. The minimum atomic E-state index is -0.438. The minimum Gasteiger partial charge on any atom is -0.495 e. The first-order chi connectivity index (χ1) is 12.5. The molecule has 0 fully saturated rings. The summed E-state index contributed by atoms with van der Waals surface area (Å²) in [4.78, 5) is 21.4. The Morgan fingerprint density at radius 2 is 1.92 bits per heavy atom. The number of aromatic nitrogens is 2. The van der Waals surface area contributed by atoms with Crippen molar-refractivity contribution in [1.82, 2.24) is 9.97 Å². The van der Waals surface area contributed by atoms with Gasteiger partial charge in [0.15, 0.2) is 5.65 Å². The van der Waals surface area contributed by atoms with Crippen LogP contribution in [0.1, 0.15) is 29.9 Å². The molecular formula is C20H21N3O3. The lowest BCUT2D eigenvalue weighted by atomic mass is 10.1. The molecule has 6 heteroatoms. The molecule has 0 unspecified atom stereocenters. The van der Waals surface area contributed by atoms with Crippen LogP contribution < -0.4 is 10.1 Å². The first-order valence-electron chi connectivity index (χ1n) is 8.37. The molecule has 0 aliphatic heterocycles. The van der Waals surface area contributed by atoms with E-state index in [4.69, 9.17) is 9.47 Å². The molecule has 0 saturated carbocycles. The van der Waals surface area contributed by atoms with Crippen molar-refractivity contribution in [2.24, 2.45) is 0 Å². The molecule has 0 bridgehead atoms. The largest absolute Gasteiger partial charge is 0.495 e. The number of carbonyl (C=O) groups is 1. The van der Waals surface area contributed by atoms with Crippen LogP contribution in [0.3, 0.4) is 0 Å². The summed E-state index contributed by atoms with van der Waals surface area (Å²) in [6, 6.07) is 11.3. The van der Waals surface area contributed by atoms with Crippen molar-refractivity contribution >= 4 is 28.4 Å². The maximum absolute atomic E-state index is 12.6. The van der Waals surface area contributed by atoms with Crippen LogP contribution in [0.15, 0.2) is 42.6 Å². The van der Waals surface area contributed by atoms with Gasteiger partial charge >= 0.3 is 5.97 Å². The highest BCUT2D eigenvalue weighted by Crippen LogP contribution is 2.33. The zero-order valence-corrected chi connectivity index (χ0v) is 15.2. The first kappa shape index (κ1) is 17.7. The summed E-state index contributed by atoms with van der Waals surface area (Å²) in [5.74, 6) is 0.230. The number of nitrogens with one attached hydrogen (secondary N) is 1. The lowest BCUT2D eigenvalue weighted by Gasteiger charge is -2.17. The molecule has 1 N–H and O–H groups in total. The van der Waals surface area contributed by atoms with Crippen LogP contribution in [0.4, 0.5) is 11.4 Å². The average Bonchev–Trinajstić information content (AvgIpc) is 2.61. The number of methoxy groups -OCH3 is 1. The molecule has 0 spiro atoms. The normalized spacial score (nSPS) is 10.8. The van der Waals surface area contributed by atoms with Gasteiger partial charge in [0, 0.05) is 17.3 Å². The van der Waals surface area contributed by atoms with E-state index in [-0.39, 0.29) is 6.10 Å². The van der Waals surface area contributed by atoms with Gasteiger partial charge in [0.1, 0.15) is 11.3 Å². The van der Waals surface area contributed by atoms with Crippen LogP contribution in [-0.2, 0) is 4.74 Å². The first-order valence-corrected chi connectivity index (χ1v) is 8.37. The fraction of sp³-hybridized carbons (Fsp3) is 0.250. The summed E-state index contributed by atoms with van der Waals surface area (Å²) < 4.78 is 10.8. The lowest BCUT2D eigenvalue weighted by Crippen LogP contribution is -2.14. The second-order valence-corrected chi connectivity index (χ2v) is 6.15. The second-order valence-electron chi connectivity index (χ2n) is 6.15. The van der Waals surface area contributed by atoms with Gasteiger partial charge in [-0.05, 0) is 45.0 Å². The number of aryl methyl sites for hydroxylation is 1. The van der Waals surface area contributed by atoms with E-state index in [9.17, 15) is 4.79 Å². The van der Waals surface area contributed by atoms with Crippen LogP contribution >= 0.6 is 0 Å². The number of para-hydroxylation sites is 2. The number of hydrogen-bond acceptors (Lipinski definition) is 6. The van der Waals surface area contributed by atoms with E-state index in [1.807, 2.05) is 57.2 Å². The molecule has 2 heterocycles. The fourth-order valence-corrected chi connectivity index (χ4v) is 2.62. The van der Waals surface area contributed by atoms with Crippen molar-refractivity contribution in [2.45, 2.75) is 26.9 Å². The van der Waals surface area contributed by atoms with Crippen molar-refractivity contribution in [1.29, 1.82) is 0 Å². The Bertz CT molecular complexity index is 954. The Kier molecular flexibility index (Phi) is 5.02. The van der Waals surface area contributed by atoms with Crippen molar-refractivity contribution in [3.05, 3.63) is 53.9 Å². The fourth-order valence-electron chi connectivity index (χ4n) is 2.62. The number of ether oxygens (including phenoxy) is 2. The summed E-state index contributed by atoms with van der Waals surface area (Å²) in [6.45, 7) is 5.52. The summed E-state index contributed by atoms with van der Waals surface area (Å²) >= 11 is 0. The molecule has 6 nitrogen and oxygen atoms in total. The SMILES string of the molecule is COc1ccccc1Nc1c(C(=O)OC(C)C)cnc2nc(C)ccc12. The summed E-state index contributed by atoms with van der Waals surface area (Å²) in [6.07, 6.45) is 1.27. The molecule has 0 amide bonds. The Balaban J connectivity index is 2.17. The molecule has 0 saturated heterocycles. The molecule has 0 aliphatic carbocycles. The number of carbonyl (C=O) groups excluding carboxylic acids is 1. The van der Waals surface area contributed by atoms with Gasteiger partial charge in [0.05, 0.1) is 24.6 Å². The van der Waals surface area contributed by atoms with Gasteiger partial charge in [0.25, 0.3) is 0 Å². The van der Waals surface area contributed by atoms with Crippen LogP contribution in [0.25, 0.3) is 11.0 Å². The molecule has 0 aliphatic rings. The van der Waals surface area contributed by atoms with Crippen LogP contribution in [0.5, 0.6) is 5.75 Å². The standard InChI is InChI=1S/C20H21N3O3/c1-12(2)26-20(24)15-11-21-19-14(10-9-13(3)22-19)18(15)23-16-7-5-6-8-17(16)25-4/h5-12H,1-4H3,(H,21,22,23). The number of pyridine rings is 2. The van der Waals surface area contributed by atoms with Crippen LogP contribution in [0, 0.1) is 6.92 Å². The van der Waals surface area contributed by atoms with Gasteiger partial charge in [-0.15, -0.1) is 0 Å². The molecule has 1 aromatic carbocycles. The number of benzene rings is 1. The Hall–Kier alpha value is -3.15. The van der Waals surface area contributed by atoms with Crippen LogP contribution in [0.2, 0.25) is 0 Å². The van der Waals surface area contributed by atoms with Gasteiger partial charge < -0.3 is 14.8 Å². The summed E-state index contributed by atoms with van der Waals surface area (Å²) in [7, 11) is 1.60. The highest BCUT2D eigenvalue weighted by Gasteiger charge is 2.19. The molecule has 2 aromatic heterocycles. The number of anilines is 2. The summed E-state index contributed by atoms with van der Waals surface area (Å²) in [5.41, 5.74) is 3.09. The number of rotatable bonds is 5. The number of esters is 1. The van der Waals surface area contributed by atoms with Crippen molar-refractivity contribution < 1.29 is 14.3 Å². The van der Waals surface area contributed by atoms with Gasteiger partial charge in [-0.25, -0.2) is 14.8 Å². The van der Waals surface area contributed by atoms with E-state index in [0.29, 0.717) is 22.6 Å². The molecule has 0 radical (unpaired) electrons. The van der Waals surface area contributed by atoms with E-state index >= 15 is 0 Å². The van der Waals surface area contributed by atoms with E-state index in [0.717, 1.165) is 16.8 Å². The third-order valence-corrected chi connectivity index (χ3v) is 3.80. The molecule has 134 valence electrons. The smallest absolute Gasteiger partial charge is 0.342 e. The van der Waals surface area contributed by atoms with Gasteiger partial charge in [-0.1, -0.05) is 12.1 Å². The van der Waals surface area contributed by atoms with E-state index < -0.39 is 5.97 Å². The maximum atomic E-state index is 12.6. The summed E-state index contributed by atoms with van der Waals surface area (Å²) in [5, 5.41) is 4.04. The van der Waals surface area contributed by atoms with E-state index in [1.165, 1.54) is 6.20 Å². The molecule has 0 atom stereocenters. The molecule has 26 heavy (non-hydrogen) atoms.